The second-order valence-corrected chi connectivity index (χ2v) is 10.4. The van der Waals surface area contributed by atoms with E-state index >= 15 is 4.39 Å². The zero-order valence-electron chi connectivity index (χ0n) is 21.7. The molecule has 0 atom stereocenters. The van der Waals surface area contributed by atoms with E-state index < -0.39 is 5.82 Å². The first-order valence-corrected chi connectivity index (χ1v) is 13.3. The Bertz CT molecular complexity index is 1430. The summed E-state index contributed by atoms with van der Waals surface area (Å²) in [5.74, 6) is 0.00614. The van der Waals surface area contributed by atoms with Crippen LogP contribution in [-0.2, 0) is 6.42 Å². The summed E-state index contributed by atoms with van der Waals surface area (Å²) < 4.78 is 35.4. The molecule has 0 radical (unpaired) electrons. The van der Waals surface area contributed by atoms with Crippen LogP contribution in [0.1, 0.15) is 37.9 Å². The molecule has 2 aromatic heterocycles. The Hall–Kier alpha value is -3.30. The van der Waals surface area contributed by atoms with Crippen molar-refractivity contribution in [3.8, 4) is 17.3 Å². The average molecular weight is 541 g/mol. The maximum Gasteiger partial charge on any atom is 0.228 e. The number of fused-ring (bicyclic) bond motifs is 1. The third-order valence-electron chi connectivity index (χ3n) is 6.99. The quantitative estimate of drug-likeness (QED) is 0.278. The molecule has 3 heterocycles. The van der Waals surface area contributed by atoms with Gasteiger partial charge in [-0.05, 0) is 82.0 Å². The van der Waals surface area contributed by atoms with Crippen molar-refractivity contribution < 1.29 is 13.5 Å². The summed E-state index contributed by atoms with van der Waals surface area (Å²) in [4.78, 5) is 11.7. The highest BCUT2D eigenvalue weighted by atomic mass is 35.5. The minimum absolute atomic E-state index is 0.0397. The molecule has 38 heavy (non-hydrogen) atoms. The molecule has 1 saturated heterocycles. The number of nitrogens with one attached hydrogen (secondary N) is 2. The van der Waals surface area contributed by atoms with E-state index in [0.29, 0.717) is 58.2 Å². The van der Waals surface area contributed by atoms with Crippen molar-refractivity contribution in [2.45, 2.75) is 52.2 Å². The summed E-state index contributed by atoms with van der Waals surface area (Å²) in [6.07, 6.45) is 2.22. The highest BCUT2D eigenvalue weighted by Crippen LogP contribution is 2.31. The molecule has 0 aliphatic carbocycles. The van der Waals surface area contributed by atoms with Crippen LogP contribution < -0.4 is 10.1 Å². The summed E-state index contributed by atoms with van der Waals surface area (Å²) in [5, 5.41) is 11.5. The first-order chi connectivity index (χ1) is 18.3. The molecule has 2 N–H and O–H groups in total. The number of hydrogen-bond acceptors (Lipinski definition) is 6. The number of rotatable bonds is 8. The molecule has 5 rings (SSSR count). The van der Waals surface area contributed by atoms with Gasteiger partial charge in [0.15, 0.2) is 11.5 Å². The lowest BCUT2D eigenvalue weighted by atomic mass is 10.1. The highest BCUT2D eigenvalue weighted by Gasteiger charge is 2.25. The van der Waals surface area contributed by atoms with Crippen molar-refractivity contribution >= 4 is 28.3 Å². The SMILES string of the molecule is Cc1[nH]nc2nc(-c3ccc(NCCc4cc(Cl)ccc4F)c(F)c3)nc(OC3CCN(C(C)C)CC3)c12. The summed E-state index contributed by atoms with van der Waals surface area (Å²) in [7, 11) is 0. The van der Waals surface area contributed by atoms with E-state index in [-0.39, 0.29) is 11.9 Å². The second-order valence-electron chi connectivity index (χ2n) is 9.95. The van der Waals surface area contributed by atoms with E-state index in [1.807, 2.05) is 6.92 Å². The Kier molecular flexibility index (Phi) is 7.76. The van der Waals surface area contributed by atoms with Gasteiger partial charge in [-0.25, -0.2) is 13.8 Å². The van der Waals surface area contributed by atoms with Gasteiger partial charge in [-0.15, -0.1) is 0 Å². The van der Waals surface area contributed by atoms with Crippen LogP contribution in [0.4, 0.5) is 14.5 Å². The average Bonchev–Trinajstić information content (AvgIpc) is 3.28. The lowest BCUT2D eigenvalue weighted by Gasteiger charge is -2.34. The highest BCUT2D eigenvalue weighted by molar-refractivity contribution is 6.30. The van der Waals surface area contributed by atoms with Crippen LogP contribution in [0.5, 0.6) is 5.88 Å². The largest absolute Gasteiger partial charge is 0.474 e. The molecule has 0 unspecified atom stereocenters. The van der Waals surface area contributed by atoms with Crippen molar-refractivity contribution in [3.05, 3.63) is 64.3 Å². The summed E-state index contributed by atoms with van der Waals surface area (Å²) in [5.41, 5.74) is 2.59. The lowest BCUT2D eigenvalue weighted by molar-refractivity contribution is 0.0824. The number of aryl methyl sites for hydroxylation is 1. The van der Waals surface area contributed by atoms with Crippen molar-refractivity contribution in [3.63, 3.8) is 0 Å². The lowest BCUT2D eigenvalue weighted by Crippen LogP contribution is -2.41. The summed E-state index contributed by atoms with van der Waals surface area (Å²) >= 11 is 5.96. The molecule has 1 aliphatic rings. The maximum atomic E-state index is 15.0. The van der Waals surface area contributed by atoms with Crippen LogP contribution in [-0.4, -0.2) is 56.8 Å². The van der Waals surface area contributed by atoms with Crippen molar-refractivity contribution in [2.75, 3.05) is 25.0 Å². The number of H-pyrrole nitrogens is 1. The monoisotopic (exact) mass is 540 g/mol. The third kappa shape index (κ3) is 5.73. The molecular weight excluding hydrogens is 510 g/mol. The summed E-state index contributed by atoms with van der Waals surface area (Å²) in [6, 6.07) is 9.68. The minimum atomic E-state index is -0.459. The maximum absolute atomic E-state index is 15.0. The second kappa shape index (κ2) is 11.2. The number of halogens is 3. The van der Waals surface area contributed by atoms with Gasteiger partial charge in [0.1, 0.15) is 23.1 Å². The Morgan fingerprint density at radius 2 is 1.89 bits per heavy atom. The first-order valence-electron chi connectivity index (χ1n) is 12.9. The zero-order valence-corrected chi connectivity index (χ0v) is 22.4. The number of piperidine rings is 1. The van der Waals surface area contributed by atoms with Crippen LogP contribution >= 0.6 is 11.6 Å². The fourth-order valence-corrected chi connectivity index (χ4v) is 4.97. The number of likely N-dealkylation sites (tertiary alicyclic amines) is 1. The molecule has 0 amide bonds. The Morgan fingerprint density at radius 1 is 1.11 bits per heavy atom. The van der Waals surface area contributed by atoms with Crippen LogP contribution in [0.2, 0.25) is 5.02 Å². The molecule has 0 spiro atoms. The van der Waals surface area contributed by atoms with Gasteiger partial charge in [0, 0.05) is 42.0 Å². The fourth-order valence-electron chi connectivity index (χ4n) is 4.78. The number of aromatic nitrogens is 4. The predicted molar refractivity (Wildman–Crippen MR) is 146 cm³/mol. The standard InChI is InChI=1S/C28H31ClF2N6O/c1-16(2)37-12-9-21(10-13-37)38-28-25-17(3)35-36-27(25)33-26(34-28)19-4-7-24(23(31)15-19)32-11-8-18-14-20(29)5-6-22(18)30/h4-7,14-16,21,32H,8-13H2,1-3H3,(H,33,34,35,36). The number of hydrogen-bond donors (Lipinski definition) is 2. The van der Waals surface area contributed by atoms with E-state index in [1.165, 1.54) is 18.2 Å². The number of nitrogens with zero attached hydrogens (tertiary/aromatic N) is 4. The Morgan fingerprint density at radius 3 is 2.63 bits per heavy atom. The van der Waals surface area contributed by atoms with E-state index in [1.54, 1.807) is 18.2 Å². The van der Waals surface area contributed by atoms with Crippen LogP contribution in [0.15, 0.2) is 36.4 Å². The van der Waals surface area contributed by atoms with Gasteiger partial charge < -0.3 is 15.0 Å². The summed E-state index contributed by atoms with van der Waals surface area (Å²) in [6.45, 7) is 8.59. The molecule has 1 fully saturated rings. The molecule has 0 bridgehead atoms. The number of ether oxygens (including phenoxy) is 1. The van der Waals surface area contributed by atoms with Gasteiger partial charge in [0.2, 0.25) is 5.88 Å². The normalized spacial score (nSPS) is 14.9. The van der Waals surface area contributed by atoms with Crippen molar-refractivity contribution in [1.82, 2.24) is 25.1 Å². The van der Waals surface area contributed by atoms with Crippen molar-refractivity contribution in [1.29, 1.82) is 0 Å². The smallest absolute Gasteiger partial charge is 0.228 e. The number of aromatic amines is 1. The fraction of sp³-hybridized carbons (Fsp3) is 0.393. The Labute approximate surface area is 225 Å². The van der Waals surface area contributed by atoms with Gasteiger partial charge >= 0.3 is 0 Å². The van der Waals surface area contributed by atoms with E-state index in [2.05, 4.69) is 39.2 Å². The van der Waals surface area contributed by atoms with Gasteiger partial charge in [0.05, 0.1) is 5.69 Å². The van der Waals surface area contributed by atoms with E-state index in [9.17, 15) is 4.39 Å². The van der Waals surface area contributed by atoms with Gasteiger partial charge in [0.25, 0.3) is 0 Å². The molecule has 7 nitrogen and oxygen atoms in total. The van der Waals surface area contributed by atoms with Crippen LogP contribution in [0.25, 0.3) is 22.4 Å². The molecule has 1 aliphatic heterocycles. The predicted octanol–water partition coefficient (Wildman–Crippen LogP) is 6.17. The van der Waals surface area contributed by atoms with E-state index in [4.69, 9.17) is 21.3 Å². The molecule has 200 valence electrons. The molecule has 2 aromatic carbocycles. The molecule has 0 saturated carbocycles. The van der Waals surface area contributed by atoms with E-state index in [0.717, 1.165) is 37.0 Å². The third-order valence-corrected chi connectivity index (χ3v) is 7.23. The Balaban J connectivity index is 1.33. The van der Waals surface area contributed by atoms with Gasteiger partial charge in [-0.1, -0.05) is 11.6 Å². The van der Waals surface area contributed by atoms with Crippen LogP contribution in [0.3, 0.4) is 0 Å². The first kappa shape index (κ1) is 26.3. The molecule has 10 heteroatoms. The van der Waals surface area contributed by atoms with Gasteiger partial charge in [-0.2, -0.15) is 10.1 Å². The minimum Gasteiger partial charge on any atom is -0.474 e. The zero-order chi connectivity index (χ0) is 26.8. The topological polar surface area (TPSA) is 79.0 Å². The van der Waals surface area contributed by atoms with Crippen LogP contribution in [0, 0.1) is 18.6 Å². The van der Waals surface area contributed by atoms with Crippen molar-refractivity contribution in [2.24, 2.45) is 0 Å². The number of benzene rings is 2. The van der Waals surface area contributed by atoms with Gasteiger partial charge in [-0.3, -0.25) is 5.10 Å². The number of anilines is 1. The molecular formula is C28H31ClF2N6O. The molecule has 4 aromatic rings.